The molecule has 1 aliphatic rings. The van der Waals surface area contributed by atoms with Gasteiger partial charge in [0.2, 0.25) is 5.91 Å². The van der Waals surface area contributed by atoms with Crippen LogP contribution < -0.4 is 5.32 Å². The first-order valence-electron chi connectivity index (χ1n) is 9.71. The fraction of sp³-hybridized carbons (Fsp3) is 0.364. The van der Waals surface area contributed by atoms with Crippen LogP contribution in [0.2, 0.25) is 0 Å². The molecule has 1 amide bonds. The van der Waals surface area contributed by atoms with E-state index in [1.165, 1.54) is 10.3 Å². The summed E-state index contributed by atoms with van der Waals surface area (Å²) in [6, 6.07) is 14.2. The molecule has 1 N–H and O–H groups in total. The number of anilines is 1. The first kappa shape index (κ1) is 19.1. The fourth-order valence-corrected chi connectivity index (χ4v) is 4.54. The zero-order valence-corrected chi connectivity index (χ0v) is 17.4. The molecular formula is C22H26N4OS. The van der Waals surface area contributed by atoms with E-state index in [1.54, 1.807) is 11.3 Å². The zero-order chi connectivity index (χ0) is 19.7. The van der Waals surface area contributed by atoms with Crippen LogP contribution in [0.15, 0.2) is 42.5 Å². The third kappa shape index (κ3) is 4.09. The van der Waals surface area contributed by atoms with Gasteiger partial charge in [-0.05, 0) is 62.9 Å². The summed E-state index contributed by atoms with van der Waals surface area (Å²) in [5, 5.41) is 4.06. The number of likely N-dealkylation sites (N-methyl/N-ethyl adjacent to an activating group) is 1. The van der Waals surface area contributed by atoms with Crippen molar-refractivity contribution in [2.24, 2.45) is 0 Å². The van der Waals surface area contributed by atoms with E-state index in [4.69, 9.17) is 4.98 Å². The Hall–Kier alpha value is -2.28. The van der Waals surface area contributed by atoms with Crippen molar-refractivity contribution in [1.29, 1.82) is 0 Å². The fourth-order valence-electron chi connectivity index (χ4n) is 3.47. The highest BCUT2D eigenvalue weighted by atomic mass is 32.1. The zero-order valence-electron chi connectivity index (χ0n) is 16.6. The van der Waals surface area contributed by atoms with E-state index in [9.17, 15) is 4.79 Å². The van der Waals surface area contributed by atoms with E-state index in [1.807, 2.05) is 31.2 Å². The standard InChI is InChI=1S/C22H26N4OS/c1-15-4-9-19-20(14-15)28-22(24-19)17-5-7-18(8-6-17)23-21(27)16(2)26-12-10-25(3)11-13-26/h4-9,14,16H,10-13H2,1-3H3,(H,23,27). The topological polar surface area (TPSA) is 48.5 Å². The minimum atomic E-state index is -0.124. The van der Waals surface area contributed by atoms with Gasteiger partial charge in [0.05, 0.1) is 16.3 Å². The molecule has 2 heterocycles. The highest BCUT2D eigenvalue weighted by molar-refractivity contribution is 7.21. The molecule has 0 saturated carbocycles. The summed E-state index contributed by atoms with van der Waals surface area (Å²) >= 11 is 1.70. The molecule has 3 aromatic rings. The molecule has 0 radical (unpaired) electrons. The molecule has 4 rings (SSSR count). The number of nitrogens with one attached hydrogen (secondary N) is 1. The lowest BCUT2D eigenvalue weighted by atomic mass is 10.2. The van der Waals surface area contributed by atoms with E-state index in [0.717, 1.165) is 48.0 Å². The molecule has 0 spiro atoms. The van der Waals surface area contributed by atoms with Crippen molar-refractivity contribution in [2.45, 2.75) is 19.9 Å². The predicted octanol–water partition coefficient (Wildman–Crippen LogP) is 3.85. The number of thiazole rings is 1. The van der Waals surface area contributed by atoms with Gasteiger partial charge < -0.3 is 10.2 Å². The number of piperazine rings is 1. The van der Waals surface area contributed by atoms with Gasteiger partial charge >= 0.3 is 0 Å². The summed E-state index contributed by atoms with van der Waals surface area (Å²) in [6.07, 6.45) is 0. The van der Waals surface area contributed by atoms with Crippen LogP contribution >= 0.6 is 11.3 Å². The average molecular weight is 395 g/mol. The van der Waals surface area contributed by atoms with Gasteiger partial charge in [0, 0.05) is 37.4 Å². The number of nitrogens with zero attached hydrogens (tertiary/aromatic N) is 3. The maximum absolute atomic E-state index is 12.6. The predicted molar refractivity (Wildman–Crippen MR) is 117 cm³/mol. The molecule has 0 bridgehead atoms. The normalized spacial score (nSPS) is 17.0. The third-order valence-electron chi connectivity index (χ3n) is 5.41. The van der Waals surface area contributed by atoms with Crippen molar-refractivity contribution in [3.05, 3.63) is 48.0 Å². The van der Waals surface area contributed by atoms with Gasteiger partial charge in [-0.1, -0.05) is 6.07 Å². The van der Waals surface area contributed by atoms with Crippen molar-refractivity contribution >= 4 is 33.1 Å². The van der Waals surface area contributed by atoms with Gasteiger partial charge in [0.1, 0.15) is 5.01 Å². The lowest BCUT2D eigenvalue weighted by molar-refractivity contribution is -0.121. The van der Waals surface area contributed by atoms with E-state index >= 15 is 0 Å². The monoisotopic (exact) mass is 394 g/mol. The Morgan fingerprint density at radius 2 is 1.82 bits per heavy atom. The highest BCUT2D eigenvalue weighted by Gasteiger charge is 2.24. The quantitative estimate of drug-likeness (QED) is 0.730. The summed E-state index contributed by atoms with van der Waals surface area (Å²) < 4.78 is 1.20. The van der Waals surface area contributed by atoms with E-state index < -0.39 is 0 Å². The van der Waals surface area contributed by atoms with Gasteiger partial charge in [0.25, 0.3) is 0 Å². The van der Waals surface area contributed by atoms with Crippen LogP contribution in [0.5, 0.6) is 0 Å². The van der Waals surface area contributed by atoms with Gasteiger partial charge in [-0.15, -0.1) is 11.3 Å². The minimum Gasteiger partial charge on any atom is -0.325 e. The smallest absolute Gasteiger partial charge is 0.241 e. The molecule has 5 nitrogen and oxygen atoms in total. The molecule has 1 fully saturated rings. The number of aryl methyl sites for hydroxylation is 1. The van der Waals surface area contributed by atoms with Crippen molar-refractivity contribution < 1.29 is 4.79 Å². The van der Waals surface area contributed by atoms with E-state index in [2.05, 4.69) is 47.3 Å². The van der Waals surface area contributed by atoms with Gasteiger partial charge in [-0.3, -0.25) is 9.69 Å². The SMILES string of the molecule is Cc1ccc2nc(-c3ccc(NC(=O)C(C)N4CCN(C)CC4)cc3)sc2c1. The van der Waals surface area contributed by atoms with Gasteiger partial charge in [-0.25, -0.2) is 4.98 Å². The Kier molecular flexibility index (Phi) is 5.44. The van der Waals surface area contributed by atoms with Crippen molar-refractivity contribution in [3.8, 4) is 10.6 Å². The molecule has 1 aliphatic heterocycles. The number of hydrogen-bond acceptors (Lipinski definition) is 5. The summed E-state index contributed by atoms with van der Waals surface area (Å²) in [4.78, 5) is 21.9. The number of carbonyl (C=O) groups is 1. The Morgan fingerprint density at radius 1 is 1.11 bits per heavy atom. The van der Waals surface area contributed by atoms with Crippen molar-refractivity contribution in [2.75, 3.05) is 38.5 Å². The number of rotatable bonds is 4. The van der Waals surface area contributed by atoms with Crippen LogP contribution in [-0.4, -0.2) is 60.0 Å². The second kappa shape index (κ2) is 7.99. The minimum absolute atomic E-state index is 0.0489. The number of fused-ring (bicyclic) bond motifs is 1. The number of hydrogen-bond donors (Lipinski definition) is 1. The molecule has 1 aromatic heterocycles. The lowest BCUT2D eigenvalue weighted by Crippen LogP contribution is -2.51. The Morgan fingerprint density at radius 3 is 2.54 bits per heavy atom. The molecular weight excluding hydrogens is 368 g/mol. The second-order valence-corrected chi connectivity index (χ2v) is 8.60. The summed E-state index contributed by atoms with van der Waals surface area (Å²) in [5.74, 6) is 0.0489. The average Bonchev–Trinajstić information content (AvgIpc) is 3.11. The summed E-state index contributed by atoms with van der Waals surface area (Å²) in [6.45, 7) is 7.96. The lowest BCUT2D eigenvalue weighted by Gasteiger charge is -2.35. The van der Waals surface area contributed by atoms with Gasteiger partial charge in [-0.2, -0.15) is 0 Å². The molecule has 28 heavy (non-hydrogen) atoms. The van der Waals surface area contributed by atoms with Crippen LogP contribution in [0.25, 0.3) is 20.8 Å². The molecule has 1 atom stereocenters. The van der Waals surface area contributed by atoms with E-state index in [-0.39, 0.29) is 11.9 Å². The number of benzene rings is 2. The summed E-state index contributed by atoms with van der Waals surface area (Å²) in [5.41, 5.74) is 4.18. The maximum Gasteiger partial charge on any atom is 0.241 e. The first-order chi connectivity index (χ1) is 13.5. The summed E-state index contributed by atoms with van der Waals surface area (Å²) in [7, 11) is 2.12. The van der Waals surface area contributed by atoms with Crippen LogP contribution in [0, 0.1) is 6.92 Å². The van der Waals surface area contributed by atoms with Crippen molar-refractivity contribution in [3.63, 3.8) is 0 Å². The third-order valence-corrected chi connectivity index (χ3v) is 6.48. The molecule has 1 unspecified atom stereocenters. The van der Waals surface area contributed by atoms with Crippen LogP contribution in [-0.2, 0) is 4.79 Å². The Balaban J connectivity index is 1.43. The van der Waals surface area contributed by atoms with E-state index in [0.29, 0.717) is 0 Å². The molecule has 2 aromatic carbocycles. The van der Waals surface area contributed by atoms with Crippen LogP contribution in [0.4, 0.5) is 5.69 Å². The first-order valence-corrected chi connectivity index (χ1v) is 10.5. The van der Waals surface area contributed by atoms with Crippen LogP contribution in [0.1, 0.15) is 12.5 Å². The number of carbonyl (C=O) groups excluding carboxylic acids is 1. The number of amides is 1. The maximum atomic E-state index is 12.6. The molecule has 1 saturated heterocycles. The Labute approximate surface area is 170 Å². The molecule has 0 aliphatic carbocycles. The molecule has 146 valence electrons. The second-order valence-electron chi connectivity index (χ2n) is 7.57. The number of aromatic nitrogens is 1. The van der Waals surface area contributed by atoms with Crippen LogP contribution in [0.3, 0.4) is 0 Å². The molecule has 6 heteroatoms. The Bertz CT molecular complexity index is 974. The highest BCUT2D eigenvalue weighted by Crippen LogP contribution is 2.31. The van der Waals surface area contributed by atoms with Gasteiger partial charge in [0.15, 0.2) is 0 Å². The van der Waals surface area contributed by atoms with Crippen molar-refractivity contribution in [1.82, 2.24) is 14.8 Å². The largest absolute Gasteiger partial charge is 0.325 e.